The number of anilines is 1. The monoisotopic (exact) mass is 429 g/mol. The number of hydrogen-bond donors (Lipinski definition) is 2. The fourth-order valence-electron chi connectivity index (χ4n) is 2.97. The Morgan fingerprint density at radius 3 is 2.39 bits per heavy atom. The van der Waals surface area contributed by atoms with Crippen LogP contribution < -0.4 is 10.6 Å². The highest BCUT2D eigenvalue weighted by atomic mass is 19.4. The number of para-hydroxylation sites is 1. The molecule has 0 radical (unpaired) electrons. The third-order valence-corrected chi connectivity index (χ3v) is 4.34. The lowest BCUT2D eigenvalue weighted by atomic mass is 10.1. The van der Waals surface area contributed by atoms with Crippen molar-refractivity contribution in [2.24, 2.45) is 0 Å². The number of halogens is 3. The molecule has 1 fully saturated rings. The van der Waals surface area contributed by atoms with E-state index in [9.17, 15) is 27.6 Å². The van der Waals surface area contributed by atoms with Crippen molar-refractivity contribution in [2.45, 2.75) is 13.1 Å². The van der Waals surface area contributed by atoms with E-state index in [0.29, 0.717) is 10.5 Å². The fraction of sp³-hybridized carbons (Fsp3) is 0.136. The summed E-state index contributed by atoms with van der Waals surface area (Å²) in [5.41, 5.74) is 0.0684. The zero-order valence-corrected chi connectivity index (χ0v) is 16.4. The highest BCUT2D eigenvalue weighted by Gasteiger charge is 2.36. The number of allylic oxidation sites excluding steroid dienone is 2. The van der Waals surface area contributed by atoms with E-state index in [2.05, 4.69) is 10.6 Å². The number of nitrogens with zero attached hydrogens (tertiary/aromatic N) is 1. The molecule has 0 unspecified atom stereocenters. The van der Waals surface area contributed by atoms with Crippen LogP contribution in [0.2, 0.25) is 0 Å². The number of benzene rings is 2. The van der Waals surface area contributed by atoms with Gasteiger partial charge in [-0.05, 0) is 36.3 Å². The second-order valence-corrected chi connectivity index (χ2v) is 6.77. The van der Waals surface area contributed by atoms with Crippen LogP contribution in [0.5, 0.6) is 0 Å². The Balaban J connectivity index is 1.71. The highest BCUT2D eigenvalue weighted by Crippen LogP contribution is 2.34. The summed E-state index contributed by atoms with van der Waals surface area (Å²) in [6.07, 6.45) is -1.40. The van der Waals surface area contributed by atoms with E-state index >= 15 is 0 Å². The summed E-state index contributed by atoms with van der Waals surface area (Å²) in [6, 6.07) is 12.9. The zero-order chi connectivity index (χ0) is 22.6. The van der Waals surface area contributed by atoms with Crippen LogP contribution in [0.15, 0.2) is 71.9 Å². The second kappa shape index (κ2) is 8.86. The van der Waals surface area contributed by atoms with E-state index in [1.165, 1.54) is 18.2 Å². The molecule has 4 amide bonds. The molecule has 1 aliphatic heterocycles. The average Bonchev–Trinajstić information content (AvgIpc) is 2.95. The van der Waals surface area contributed by atoms with Crippen LogP contribution in [-0.2, 0) is 15.8 Å². The van der Waals surface area contributed by atoms with Gasteiger partial charge in [0.05, 0.1) is 11.3 Å². The van der Waals surface area contributed by atoms with E-state index in [1.807, 2.05) is 30.3 Å². The molecule has 0 aliphatic carbocycles. The maximum atomic E-state index is 13.1. The molecule has 2 N–H and O–H groups in total. The molecule has 1 aliphatic rings. The largest absolute Gasteiger partial charge is 0.418 e. The Morgan fingerprint density at radius 1 is 1.06 bits per heavy atom. The minimum atomic E-state index is -4.66. The number of hydrogen-bond acceptors (Lipinski definition) is 3. The molecule has 2 aromatic rings. The molecule has 6 nitrogen and oxygen atoms in total. The van der Waals surface area contributed by atoms with E-state index in [1.54, 1.807) is 13.0 Å². The molecule has 3 rings (SSSR count). The number of carbonyl (C=O) groups is 3. The number of imide groups is 1. The number of rotatable bonds is 5. The van der Waals surface area contributed by atoms with Gasteiger partial charge in [0.1, 0.15) is 12.2 Å². The van der Waals surface area contributed by atoms with Crippen molar-refractivity contribution in [3.63, 3.8) is 0 Å². The lowest BCUT2D eigenvalue weighted by molar-refractivity contribution is -0.137. The van der Waals surface area contributed by atoms with Gasteiger partial charge in [0, 0.05) is 0 Å². The van der Waals surface area contributed by atoms with E-state index < -0.39 is 41.8 Å². The molecule has 2 aromatic carbocycles. The first-order chi connectivity index (χ1) is 14.6. The van der Waals surface area contributed by atoms with Crippen LogP contribution in [0.25, 0.3) is 6.08 Å². The summed E-state index contributed by atoms with van der Waals surface area (Å²) < 4.78 is 39.2. The van der Waals surface area contributed by atoms with Gasteiger partial charge in [-0.25, -0.2) is 9.69 Å². The Bertz CT molecular complexity index is 1080. The number of alkyl halides is 3. The molecule has 0 bridgehead atoms. The van der Waals surface area contributed by atoms with E-state index in [-0.39, 0.29) is 5.70 Å². The van der Waals surface area contributed by atoms with Crippen molar-refractivity contribution in [3.05, 3.63) is 83.1 Å². The van der Waals surface area contributed by atoms with Gasteiger partial charge in [0.15, 0.2) is 0 Å². The summed E-state index contributed by atoms with van der Waals surface area (Å²) in [5.74, 6) is -1.68. The van der Waals surface area contributed by atoms with Gasteiger partial charge in [0.25, 0.3) is 5.91 Å². The van der Waals surface area contributed by atoms with E-state index in [0.717, 1.165) is 17.7 Å². The summed E-state index contributed by atoms with van der Waals surface area (Å²) >= 11 is 0. The van der Waals surface area contributed by atoms with Crippen LogP contribution in [0, 0.1) is 0 Å². The van der Waals surface area contributed by atoms with Gasteiger partial charge in [-0.15, -0.1) is 0 Å². The Hall–Kier alpha value is -3.88. The van der Waals surface area contributed by atoms with Crippen LogP contribution in [-0.4, -0.2) is 29.3 Å². The van der Waals surface area contributed by atoms with Gasteiger partial charge in [-0.1, -0.05) is 48.5 Å². The molecular formula is C22H18F3N3O3. The SMILES string of the molecule is CC(/C=C1\NC(=O)N(CC(=O)Nc2ccccc2C(F)(F)F)C1=O)=C\c1ccccc1. The minimum Gasteiger partial charge on any atom is -0.324 e. The Morgan fingerprint density at radius 2 is 1.71 bits per heavy atom. The number of nitrogens with one attached hydrogen (secondary N) is 2. The van der Waals surface area contributed by atoms with Crippen LogP contribution in [0.3, 0.4) is 0 Å². The summed E-state index contributed by atoms with van der Waals surface area (Å²) in [7, 11) is 0. The zero-order valence-electron chi connectivity index (χ0n) is 16.4. The smallest absolute Gasteiger partial charge is 0.324 e. The summed E-state index contributed by atoms with van der Waals surface area (Å²) in [5, 5.41) is 4.48. The molecule has 1 heterocycles. The predicted octanol–water partition coefficient (Wildman–Crippen LogP) is 4.18. The summed E-state index contributed by atoms with van der Waals surface area (Å²) in [4.78, 5) is 37.5. The number of urea groups is 1. The van der Waals surface area contributed by atoms with Crippen LogP contribution in [0.4, 0.5) is 23.7 Å². The molecule has 1 saturated heterocycles. The maximum absolute atomic E-state index is 13.1. The quantitative estimate of drug-likeness (QED) is 0.553. The molecule has 0 aromatic heterocycles. The molecule has 0 spiro atoms. The van der Waals surface area contributed by atoms with Gasteiger partial charge in [-0.3, -0.25) is 9.59 Å². The van der Waals surface area contributed by atoms with Gasteiger partial charge >= 0.3 is 12.2 Å². The van der Waals surface area contributed by atoms with Crippen molar-refractivity contribution in [3.8, 4) is 0 Å². The minimum absolute atomic E-state index is 0.0295. The molecule has 9 heteroatoms. The van der Waals surface area contributed by atoms with E-state index in [4.69, 9.17) is 0 Å². The molecule has 160 valence electrons. The van der Waals surface area contributed by atoms with Crippen molar-refractivity contribution in [2.75, 3.05) is 11.9 Å². The second-order valence-electron chi connectivity index (χ2n) is 6.77. The fourth-order valence-corrected chi connectivity index (χ4v) is 2.97. The standard InChI is InChI=1S/C22H18F3N3O3/c1-14(11-15-7-3-2-4-8-15)12-18-20(30)28(21(31)27-18)13-19(29)26-17-10-6-5-9-16(17)22(23,24)25/h2-12H,13H2,1H3,(H,26,29)(H,27,31)/b14-11+,18-12-. The first-order valence-corrected chi connectivity index (χ1v) is 9.19. The molecule has 0 saturated carbocycles. The lowest BCUT2D eigenvalue weighted by Gasteiger charge is -2.15. The number of amides is 4. The van der Waals surface area contributed by atoms with Crippen LogP contribution >= 0.6 is 0 Å². The van der Waals surface area contributed by atoms with Crippen molar-refractivity contribution >= 4 is 29.6 Å². The third kappa shape index (κ3) is 5.39. The average molecular weight is 429 g/mol. The van der Waals surface area contributed by atoms with Gasteiger partial charge in [0.2, 0.25) is 5.91 Å². The van der Waals surface area contributed by atoms with Gasteiger partial charge < -0.3 is 10.6 Å². The molecule has 0 atom stereocenters. The van der Waals surface area contributed by atoms with Crippen molar-refractivity contribution in [1.29, 1.82) is 0 Å². The third-order valence-electron chi connectivity index (χ3n) is 4.34. The topological polar surface area (TPSA) is 78.5 Å². The van der Waals surface area contributed by atoms with Gasteiger partial charge in [-0.2, -0.15) is 13.2 Å². The van der Waals surface area contributed by atoms with Crippen molar-refractivity contribution in [1.82, 2.24) is 10.2 Å². The summed E-state index contributed by atoms with van der Waals surface area (Å²) in [6.45, 7) is 1.01. The Labute approximate surface area is 176 Å². The number of carbonyl (C=O) groups excluding carboxylic acids is 3. The maximum Gasteiger partial charge on any atom is 0.418 e. The normalized spacial score (nSPS) is 15.9. The first kappa shape index (κ1) is 21.8. The lowest BCUT2D eigenvalue weighted by Crippen LogP contribution is -2.38. The predicted molar refractivity (Wildman–Crippen MR) is 108 cm³/mol. The first-order valence-electron chi connectivity index (χ1n) is 9.19. The van der Waals surface area contributed by atoms with Crippen molar-refractivity contribution < 1.29 is 27.6 Å². The molecular weight excluding hydrogens is 411 g/mol. The Kier molecular flexibility index (Phi) is 6.24. The molecule has 31 heavy (non-hydrogen) atoms. The highest BCUT2D eigenvalue weighted by molar-refractivity contribution is 6.14. The van der Waals surface area contributed by atoms with Crippen LogP contribution in [0.1, 0.15) is 18.1 Å².